The fourth-order valence-electron chi connectivity index (χ4n) is 1.76. The molecule has 17 heavy (non-hydrogen) atoms. The molecule has 5 heteroatoms. The minimum atomic E-state index is -0.217. The molecule has 2 aliphatic heterocycles. The van der Waals surface area contributed by atoms with Crippen molar-refractivity contribution in [1.29, 1.82) is 0 Å². The highest BCUT2D eigenvalue weighted by molar-refractivity contribution is 7.71. The maximum atomic E-state index is 11.3. The summed E-state index contributed by atoms with van der Waals surface area (Å²) in [6, 6.07) is 9.47. The lowest BCUT2D eigenvalue weighted by Gasteiger charge is -1.99. The van der Waals surface area contributed by atoms with Crippen LogP contribution in [0.4, 0.5) is 0 Å². The Morgan fingerprint density at radius 1 is 1.41 bits per heavy atom. The molecule has 4 nitrogen and oxygen atoms in total. The molecule has 3 rings (SSSR count). The zero-order valence-electron chi connectivity index (χ0n) is 9.01. The molecule has 0 unspecified atom stereocenters. The van der Waals surface area contributed by atoms with Crippen molar-refractivity contribution in [3.05, 3.63) is 35.0 Å². The fraction of sp³-hybridized carbons (Fsp3) is 0.0833. The fourth-order valence-corrected chi connectivity index (χ4v) is 2.08. The first kappa shape index (κ1) is 10.2. The lowest BCUT2D eigenvalue weighted by molar-refractivity contribution is 0.0919. The van der Waals surface area contributed by atoms with Crippen molar-refractivity contribution in [3.8, 4) is 11.5 Å². The molecule has 1 aromatic rings. The van der Waals surface area contributed by atoms with E-state index < -0.39 is 0 Å². The molecular weight excluding hydrogens is 236 g/mol. The van der Waals surface area contributed by atoms with Gasteiger partial charge < -0.3 is 4.42 Å². The quantitative estimate of drug-likeness (QED) is 0.570. The van der Waals surface area contributed by atoms with Gasteiger partial charge in [-0.3, -0.25) is 4.79 Å². The molecule has 0 N–H and O–H groups in total. The zero-order valence-corrected chi connectivity index (χ0v) is 9.82. The maximum absolute atomic E-state index is 11.3. The van der Waals surface area contributed by atoms with E-state index in [1.807, 2.05) is 30.3 Å². The third-order valence-corrected chi connectivity index (χ3v) is 2.96. The highest BCUT2D eigenvalue weighted by atomic mass is 32.1. The van der Waals surface area contributed by atoms with Gasteiger partial charge in [-0.15, -0.1) is 5.10 Å². The topological polar surface area (TPSA) is 48.0 Å². The second-order valence-corrected chi connectivity index (χ2v) is 4.13. The van der Waals surface area contributed by atoms with Crippen LogP contribution >= 0.6 is 12.2 Å². The molecule has 0 aromatic heterocycles. The van der Waals surface area contributed by atoms with Crippen molar-refractivity contribution in [2.24, 2.45) is 0 Å². The van der Waals surface area contributed by atoms with E-state index in [1.54, 1.807) is 0 Å². The molecule has 0 bridgehead atoms. The standard InChI is InChI=1S/C12H8N2O2S/c1-7(15)14-12(17)9-6-8-4-2-3-5-10(8)16-11(9)13-14/h2-6H,1H3. The summed E-state index contributed by atoms with van der Waals surface area (Å²) >= 11 is 5.19. The Hall–Kier alpha value is -2.01. The van der Waals surface area contributed by atoms with Gasteiger partial charge in [-0.2, -0.15) is 4.68 Å². The Kier molecular flexibility index (Phi) is 2.09. The highest BCUT2D eigenvalue weighted by Gasteiger charge is 2.17. The largest absolute Gasteiger partial charge is 0.436 e. The number of nitrogens with zero attached hydrogens (tertiary/aromatic N) is 2. The predicted octanol–water partition coefficient (Wildman–Crippen LogP) is 3.12. The Labute approximate surface area is 102 Å². The molecular formula is C12H8N2O2S. The molecule has 0 amide bonds. The zero-order chi connectivity index (χ0) is 12.0. The summed E-state index contributed by atoms with van der Waals surface area (Å²) < 4.78 is 7.18. The first-order chi connectivity index (χ1) is 8.16. The molecule has 0 fully saturated rings. The van der Waals surface area contributed by atoms with Gasteiger partial charge in [-0.1, -0.05) is 30.4 Å². The predicted molar refractivity (Wildman–Crippen MR) is 65.8 cm³/mol. The van der Waals surface area contributed by atoms with E-state index in [0.29, 0.717) is 16.1 Å². The number of rotatable bonds is 0. The molecule has 0 radical (unpaired) electrons. The number of carbonyl (C=O) groups excluding carboxylic acids is 1. The van der Waals surface area contributed by atoms with Crippen molar-refractivity contribution in [3.63, 3.8) is 0 Å². The number of hydrogen-bond donors (Lipinski definition) is 0. The van der Waals surface area contributed by atoms with Crippen molar-refractivity contribution in [1.82, 2.24) is 9.78 Å². The molecule has 0 saturated carbocycles. The van der Waals surface area contributed by atoms with Crippen LogP contribution in [0.25, 0.3) is 22.4 Å². The van der Waals surface area contributed by atoms with E-state index in [4.69, 9.17) is 16.6 Å². The summed E-state index contributed by atoms with van der Waals surface area (Å²) in [6.07, 6.45) is 0. The summed E-state index contributed by atoms with van der Waals surface area (Å²) in [4.78, 5) is 11.3. The number of aromatic nitrogens is 2. The van der Waals surface area contributed by atoms with Crippen LogP contribution in [0.2, 0.25) is 0 Å². The van der Waals surface area contributed by atoms with Crippen molar-refractivity contribution < 1.29 is 9.21 Å². The average Bonchev–Trinajstić information content (AvgIpc) is 2.64. The van der Waals surface area contributed by atoms with Crippen LogP contribution in [-0.4, -0.2) is 15.7 Å². The Morgan fingerprint density at radius 2 is 2.18 bits per heavy atom. The van der Waals surface area contributed by atoms with Crippen molar-refractivity contribution >= 4 is 29.1 Å². The second kappa shape index (κ2) is 3.49. The van der Waals surface area contributed by atoms with Crippen LogP contribution in [0, 0.1) is 4.64 Å². The lowest BCUT2D eigenvalue weighted by Crippen LogP contribution is -2.06. The number of benzene rings is 1. The van der Waals surface area contributed by atoms with Gasteiger partial charge in [0.1, 0.15) is 10.2 Å². The van der Waals surface area contributed by atoms with Gasteiger partial charge in [-0.25, -0.2) is 0 Å². The average molecular weight is 244 g/mol. The first-order valence-corrected chi connectivity index (χ1v) is 5.50. The summed E-state index contributed by atoms with van der Waals surface area (Å²) in [6.45, 7) is 1.42. The summed E-state index contributed by atoms with van der Waals surface area (Å²) in [7, 11) is 0. The number of hydrogen-bond acceptors (Lipinski definition) is 4. The third-order valence-electron chi connectivity index (χ3n) is 2.57. The third kappa shape index (κ3) is 1.47. The lowest BCUT2D eigenvalue weighted by atomic mass is 10.2. The molecule has 2 heterocycles. The SMILES string of the molecule is CC(=O)n1nc2oc3ccccc3cc-2c1=S. The summed E-state index contributed by atoms with van der Waals surface area (Å²) in [5.74, 6) is 0.175. The van der Waals surface area contributed by atoms with E-state index in [0.717, 1.165) is 11.0 Å². The van der Waals surface area contributed by atoms with Crippen LogP contribution in [0.3, 0.4) is 0 Å². The normalized spacial score (nSPS) is 11.1. The van der Waals surface area contributed by atoms with Gasteiger partial charge in [0.05, 0.1) is 5.56 Å². The number of para-hydroxylation sites is 1. The van der Waals surface area contributed by atoms with E-state index in [1.165, 1.54) is 11.6 Å². The molecule has 0 atom stereocenters. The van der Waals surface area contributed by atoms with Crippen LogP contribution in [0.5, 0.6) is 0 Å². The van der Waals surface area contributed by atoms with Crippen LogP contribution in [0.1, 0.15) is 11.7 Å². The highest BCUT2D eigenvalue weighted by Crippen LogP contribution is 2.28. The van der Waals surface area contributed by atoms with Gasteiger partial charge in [0.2, 0.25) is 11.8 Å². The Balaban J connectivity index is 2.45. The van der Waals surface area contributed by atoms with Crippen molar-refractivity contribution in [2.75, 3.05) is 0 Å². The molecule has 84 valence electrons. The van der Waals surface area contributed by atoms with Crippen LogP contribution in [-0.2, 0) is 0 Å². The molecule has 0 spiro atoms. The minimum absolute atomic E-state index is 0.217. The molecule has 0 aliphatic carbocycles. The van der Waals surface area contributed by atoms with E-state index in [-0.39, 0.29) is 5.91 Å². The Bertz CT molecular complexity index is 757. The summed E-state index contributed by atoms with van der Waals surface area (Å²) in [5.41, 5.74) is 1.41. The molecule has 2 aliphatic rings. The monoisotopic (exact) mass is 244 g/mol. The van der Waals surface area contributed by atoms with Gasteiger partial charge in [0.25, 0.3) is 0 Å². The first-order valence-electron chi connectivity index (χ1n) is 5.09. The van der Waals surface area contributed by atoms with E-state index >= 15 is 0 Å². The molecule has 0 saturated heterocycles. The molecule has 1 aromatic carbocycles. The number of carbonyl (C=O) groups is 1. The van der Waals surface area contributed by atoms with Crippen LogP contribution < -0.4 is 0 Å². The minimum Gasteiger partial charge on any atom is -0.436 e. The van der Waals surface area contributed by atoms with E-state index in [9.17, 15) is 4.79 Å². The Morgan fingerprint density at radius 3 is 2.94 bits per heavy atom. The smallest absolute Gasteiger partial charge is 0.247 e. The maximum Gasteiger partial charge on any atom is 0.247 e. The number of fused-ring (bicyclic) bond motifs is 2. The van der Waals surface area contributed by atoms with Gasteiger partial charge in [0, 0.05) is 12.3 Å². The second-order valence-electron chi connectivity index (χ2n) is 3.74. The van der Waals surface area contributed by atoms with Crippen LogP contribution in [0.15, 0.2) is 34.7 Å². The van der Waals surface area contributed by atoms with E-state index in [2.05, 4.69) is 5.10 Å². The van der Waals surface area contributed by atoms with Crippen molar-refractivity contribution in [2.45, 2.75) is 6.92 Å². The van der Waals surface area contributed by atoms with Gasteiger partial charge in [-0.05, 0) is 12.1 Å². The van der Waals surface area contributed by atoms with Gasteiger partial charge >= 0.3 is 0 Å². The summed E-state index contributed by atoms with van der Waals surface area (Å²) in [5, 5.41) is 5.00. The van der Waals surface area contributed by atoms with Gasteiger partial charge in [0.15, 0.2) is 0 Å².